The fraction of sp³-hybridized carbons (Fsp3) is 0.333. The van der Waals surface area contributed by atoms with Gasteiger partial charge in [-0.3, -0.25) is 4.79 Å². The molecule has 1 N–H and O–H groups in total. The van der Waals surface area contributed by atoms with E-state index in [1.54, 1.807) is 0 Å². The second-order valence-corrected chi connectivity index (χ2v) is 7.10. The van der Waals surface area contributed by atoms with Crippen LogP contribution in [0.3, 0.4) is 0 Å². The molecule has 3 aromatic rings. The first kappa shape index (κ1) is 15.4. The maximum absolute atomic E-state index is 13.0. The number of para-hydroxylation sites is 2. The van der Waals surface area contributed by atoms with Crippen molar-refractivity contribution < 1.29 is 9.53 Å². The molecule has 0 bridgehead atoms. The Morgan fingerprint density at radius 2 is 2.19 bits per heavy atom. The third-order valence-corrected chi connectivity index (χ3v) is 5.41. The van der Waals surface area contributed by atoms with E-state index in [0.29, 0.717) is 6.42 Å². The third kappa shape index (κ3) is 2.64. The van der Waals surface area contributed by atoms with Crippen LogP contribution in [0.1, 0.15) is 35.8 Å². The highest BCUT2D eigenvalue weighted by atomic mass is 16.5. The van der Waals surface area contributed by atoms with Gasteiger partial charge in [-0.1, -0.05) is 24.3 Å². The number of rotatable bonds is 3. The van der Waals surface area contributed by atoms with Crippen molar-refractivity contribution >= 4 is 16.9 Å². The minimum Gasteiger partial charge on any atom is -0.493 e. The number of fused-ring (bicyclic) bond motifs is 2. The van der Waals surface area contributed by atoms with Crippen LogP contribution in [0.4, 0.5) is 0 Å². The molecule has 132 valence electrons. The third-order valence-electron chi connectivity index (χ3n) is 5.41. The second kappa shape index (κ2) is 6.16. The minimum atomic E-state index is 0.0422. The van der Waals surface area contributed by atoms with Gasteiger partial charge in [0.1, 0.15) is 11.6 Å². The van der Waals surface area contributed by atoms with E-state index in [1.165, 1.54) is 5.56 Å². The van der Waals surface area contributed by atoms with Gasteiger partial charge in [0.15, 0.2) is 0 Å². The summed E-state index contributed by atoms with van der Waals surface area (Å²) >= 11 is 0. The van der Waals surface area contributed by atoms with Crippen LogP contribution >= 0.6 is 0 Å². The number of imidazole rings is 1. The van der Waals surface area contributed by atoms with E-state index in [1.807, 2.05) is 35.2 Å². The Labute approximate surface area is 152 Å². The predicted octanol–water partition coefficient (Wildman–Crippen LogP) is 3.40. The molecular weight excluding hydrogens is 326 g/mol. The summed E-state index contributed by atoms with van der Waals surface area (Å²) in [5.41, 5.74) is 4.24. The zero-order chi connectivity index (χ0) is 17.5. The molecule has 0 unspecified atom stereocenters. The van der Waals surface area contributed by atoms with Gasteiger partial charge in [0, 0.05) is 13.0 Å². The number of aromatic amines is 1. The lowest BCUT2D eigenvalue weighted by atomic mass is 10.1. The lowest BCUT2D eigenvalue weighted by Gasteiger charge is -2.23. The monoisotopic (exact) mass is 347 g/mol. The lowest BCUT2D eigenvalue weighted by Crippen LogP contribution is -2.32. The van der Waals surface area contributed by atoms with E-state index in [0.717, 1.165) is 60.6 Å². The molecule has 26 heavy (non-hydrogen) atoms. The van der Waals surface area contributed by atoms with Crippen molar-refractivity contribution in [3.8, 4) is 5.75 Å². The fourth-order valence-corrected chi connectivity index (χ4v) is 4.08. The summed E-state index contributed by atoms with van der Waals surface area (Å²) in [5, 5.41) is 0. The molecule has 5 rings (SSSR count). The van der Waals surface area contributed by atoms with Crippen LogP contribution in [0.25, 0.3) is 11.0 Å². The van der Waals surface area contributed by atoms with Gasteiger partial charge in [-0.2, -0.15) is 0 Å². The number of ether oxygens (including phenoxy) is 1. The molecule has 0 spiro atoms. The van der Waals surface area contributed by atoms with Gasteiger partial charge in [-0.25, -0.2) is 4.98 Å². The van der Waals surface area contributed by atoms with Crippen molar-refractivity contribution in [1.29, 1.82) is 0 Å². The molecule has 5 heteroatoms. The average molecular weight is 347 g/mol. The predicted molar refractivity (Wildman–Crippen MR) is 99.1 cm³/mol. The van der Waals surface area contributed by atoms with E-state index in [4.69, 9.17) is 9.72 Å². The van der Waals surface area contributed by atoms with Crippen LogP contribution < -0.4 is 4.74 Å². The molecule has 1 atom stereocenters. The second-order valence-electron chi connectivity index (χ2n) is 7.10. The van der Waals surface area contributed by atoms with Crippen molar-refractivity contribution in [2.75, 3.05) is 13.2 Å². The van der Waals surface area contributed by atoms with Crippen LogP contribution in [-0.2, 0) is 17.6 Å². The topological polar surface area (TPSA) is 58.2 Å². The van der Waals surface area contributed by atoms with Gasteiger partial charge in [-0.15, -0.1) is 0 Å². The first-order valence-electron chi connectivity index (χ1n) is 9.27. The molecule has 0 saturated carbocycles. The lowest BCUT2D eigenvalue weighted by molar-refractivity contribution is -0.131. The maximum Gasteiger partial charge on any atom is 0.227 e. The molecule has 2 aromatic carbocycles. The molecule has 1 fully saturated rings. The molecule has 1 aromatic heterocycles. The molecule has 2 aliphatic rings. The van der Waals surface area contributed by atoms with Crippen LogP contribution in [0.2, 0.25) is 0 Å². The Balaban J connectivity index is 1.37. The number of hydrogen-bond donors (Lipinski definition) is 1. The largest absolute Gasteiger partial charge is 0.493 e. The van der Waals surface area contributed by atoms with Crippen molar-refractivity contribution in [1.82, 2.24) is 14.9 Å². The Kier molecular flexibility index (Phi) is 3.66. The van der Waals surface area contributed by atoms with Crippen LogP contribution in [-0.4, -0.2) is 33.9 Å². The molecule has 0 radical (unpaired) electrons. The van der Waals surface area contributed by atoms with Gasteiger partial charge in [-0.05, 0) is 42.2 Å². The Hall–Kier alpha value is -2.82. The Morgan fingerprint density at radius 3 is 3.12 bits per heavy atom. The molecule has 5 nitrogen and oxygen atoms in total. The molecule has 1 saturated heterocycles. The number of carbonyl (C=O) groups excluding carboxylic acids is 1. The summed E-state index contributed by atoms with van der Waals surface area (Å²) in [7, 11) is 0. The van der Waals surface area contributed by atoms with Gasteiger partial charge < -0.3 is 14.6 Å². The number of aromatic nitrogens is 2. The summed E-state index contributed by atoms with van der Waals surface area (Å²) in [6, 6.07) is 14.2. The zero-order valence-electron chi connectivity index (χ0n) is 14.6. The SMILES string of the molecule is O=C(Cc1ccc2c(c1)OCC2)N1CCC[C@H]1c1nc2ccccc2[nH]1. The van der Waals surface area contributed by atoms with E-state index in [-0.39, 0.29) is 11.9 Å². The van der Waals surface area contributed by atoms with E-state index in [2.05, 4.69) is 17.1 Å². The van der Waals surface area contributed by atoms with Crippen LogP contribution in [0.15, 0.2) is 42.5 Å². The van der Waals surface area contributed by atoms with Gasteiger partial charge >= 0.3 is 0 Å². The standard InChI is InChI=1S/C21H21N3O2/c25-20(13-14-7-8-15-9-11-26-19(15)12-14)24-10-3-6-18(24)21-22-16-4-1-2-5-17(16)23-21/h1-2,4-5,7-8,12,18H,3,6,9-11,13H2,(H,22,23)/t18-/m0/s1. The van der Waals surface area contributed by atoms with Crippen molar-refractivity contribution in [3.05, 3.63) is 59.4 Å². The smallest absolute Gasteiger partial charge is 0.227 e. The van der Waals surface area contributed by atoms with Gasteiger partial charge in [0.25, 0.3) is 0 Å². The number of amides is 1. The highest BCUT2D eigenvalue weighted by molar-refractivity contribution is 5.80. The van der Waals surface area contributed by atoms with Crippen molar-refractivity contribution in [2.45, 2.75) is 31.7 Å². The summed E-state index contributed by atoms with van der Waals surface area (Å²) in [4.78, 5) is 23.0. The molecule has 1 amide bonds. The summed E-state index contributed by atoms with van der Waals surface area (Å²) < 4.78 is 5.63. The first-order valence-corrected chi connectivity index (χ1v) is 9.27. The number of nitrogens with zero attached hydrogens (tertiary/aromatic N) is 2. The molecule has 2 aliphatic heterocycles. The fourth-order valence-electron chi connectivity index (χ4n) is 4.08. The summed E-state index contributed by atoms with van der Waals surface area (Å²) in [6.07, 6.45) is 3.34. The van der Waals surface area contributed by atoms with Crippen molar-refractivity contribution in [3.63, 3.8) is 0 Å². The Bertz CT molecular complexity index is 945. The van der Waals surface area contributed by atoms with Gasteiger partial charge in [0.2, 0.25) is 5.91 Å². The maximum atomic E-state index is 13.0. The van der Waals surface area contributed by atoms with Crippen LogP contribution in [0.5, 0.6) is 5.75 Å². The highest BCUT2D eigenvalue weighted by Crippen LogP contribution is 2.32. The Morgan fingerprint density at radius 1 is 1.27 bits per heavy atom. The average Bonchev–Trinajstić information content (AvgIpc) is 3.38. The molecule has 3 heterocycles. The normalized spacial score (nSPS) is 18.9. The molecule has 0 aliphatic carbocycles. The number of hydrogen-bond acceptors (Lipinski definition) is 3. The zero-order valence-corrected chi connectivity index (χ0v) is 14.6. The number of carbonyl (C=O) groups is 1. The molecular formula is C21H21N3O2. The quantitative estimate of drug-likeness (QED) is 0.790. The van der Waals surface area contributed by atoms with Gasteiger partial charge in [0.05, 0.1) is 30.1 Å². The van der Waals surface area contributed by atoms with E-state index < -0.39 is 0 Å². The number of likely N-dealkylation sites (tertiary alicyclic amines) is 1. The number of benzene rings is 2. The minimum absolute atomic E-state index is 0.0422. The summed E-state index contributed by atoms with van der Waals surface area (Å²) in [5.74, 6) is 1.99. The summed E-state index contributed by atoms with van der Waals surface area (Å²) in [6.45, 7) is 1.54. The van der Waals surface area contributed by atoms with Crippen molar-refractivity contribution in [2.24, 2.45) is 0 Å². The highest BCUT2D eigenvalue weighted by Gasteiger charge is 2.32. The number of nitrogens with one attached hydrogen (secondary N) is 1. The number of H-pyrrole nitrogens is 1. The van der Waals surface area contributed by atoms with E-state index in [9.17, 15) is 4.79 Å². The first-order chi connectivity index (χ1) is 12.8. The van der Waals surface area contributed by atoms with Crippen LogP contribution in [0, 0.1) is 0 Å². The van der Waals surface area contributed by atoms with E-state index >= 15 is 0 Å².